The van der Waals surface area contributed by atoms with Gasteiger partial charge in [0.1, 0.15) is 30.6 Å². The van der Waals surface area contributed by atoms with Gasteiger partial charge in [0.2, 0.25) is 17.7 Å². The Morgan fingerprint density at radius 3 is 2.38 bits per heavy atom. The Kier molecular flexibility index (Phi) is 9.22. The van der Waals surface area contributed by atoms with Crippen molar-refractivity contribution in [2.45, 2.75) is 44.8 Å². The van der Waals surface area contributed by atoms with Crippen LogP contribution in [-0.2, 0) is 36.0 Å². The molecule has 5 aromatic rings. The van der Waals surface area contributed by atoms with Gasteiger partial charge < -0.3 is 15.0 Å². The largest absolute Gasteiger partial charge is 0.487 e. The van der Waals surface area contributed by atoms with Gasteiger partial charge in [0, 0.05) is 59.0 Å². The molecule has 0 bridgehead atoms. The van der Waals surface area contributed by atoms with Crippen molar-refractivity contribution < 1.29 is 41.5 Å². The number of piperidine rings is 2. The molecule has 58 heavy (non-hydrogen) atoms. The van der Waals surface area contributed by atoms with Crippen LogP contribution in [0.3, 0.4) is 0 Å². The monoisotopic (exact) mass is 804 g/mol. The Morgan fingerprint density at radius 1 is 0.862 bits per heavy atom. The molecule has 5 aromatic carbocycles. The minimum atomic E-state index is -4.35. The van der Waals surface area contributed by atoms with E-state index in [0.29, 0.717) is 39.7 Å². The first-order chi connectivity index (χ1) is 27.9. The summed E-state index contributed by atoms with van der Waals surface area (Å²) in [5, 5.41) is 7.41. The lowest BCUT2D eigenvalue weighted by Gasteiger charge is -2.34. The van der Waals surface area contributed by atoms with Gasteiger partial charge in [0.25, 0.3) is 11.8 Å². The fourth-order valence-electron chi connectivity index (χ4n) is 8.49. The third-order valence-corrected chi connectivity index (χ3v) is 12.6. The average molecular weight is 805 g/mol. The number of hydrogen-bond donors (Lipinski definition) is 3. The first kappa shape index (κ1) is 37.1. The van der Waals surface area contributed by atoms with Crippen LogP contribution in [0.2, 0.25) is 0 Å². The molecule has 0 aliphatic carbocycles. The third kappa shape index (κ3) is 6.62. The van der Waals surface area contributed by atoms with E-state index < -0.39 is 40.4 Å². The van der Waals surface area contributed by atoms with Crippen molar-refractivity contribution in [1.82, 2.24) is 10.0 Å². The first-order valence-corrected chi connectivity index (χ1v) is 20.4. The maximum Gasteiger partial charge on any atom is 0.326 e. The number of ether oxygens (including phenoxy) is 1. The lowest BCUT2D eigenvalue weighted by atomic mass is 9.92. The quantitative estimate of drug-likeness (QED) is 0.175. The van der Waals surface area contributed by atoms with Crippen LogP contribution in [0.4, 0.5) is 27.1 Å². The lowest BCUT2D eigenvalue weighted by Crippen LogP contribution is -2.53. The van der Waals surface area contributed by atoms with Gasteiger partial charge in [-0.15, -0.1) is 0 Å². The van der Waals surface area contributed by atoms with E-state index in [-0.39, 0.29) is 66.3 Å². The zero-order valence-electron chi connectivity index (χ0n) is 31.0. The van der Waals surface area contributed by atoms with Gasteiger partial charge in [-0.2, -0.15) is 8.42 Å². The minimum absolute atomic E-state index is 0.00863. The minimum Gasteiger partial charge on any atom is -0.487 e. The number of rotatable bonds is 9. The molecule has 1 unspecified atom stereocenters. The SMILES string of the molecule is O=C1CCC(N2C(=O)c3cccc4c(N5CCC(CC(=O)Nc6ccc7c(F)c(N8CC(=O)NS8(=O)=O)c(OCc8ccccc8)cc7c6)CC5)ccc2c34)C(=O)N1. The van der Waals surface area contributed by atoms with Gasteiger partial charge in [0.15, 0.2) is 5.82 Å². The smallest absolute Gasteiger partial charge is 0.326 e. The topological polar surface area (TPSA) is 175 Å². The van der Waals surface area contributed by atoms with Gasteiger partial charge in [0.05, 0.1) is 5.69 Å². The summed E-state index contributed by atoms with van der Waals surface area (Å²) in [6.45, 7) is 0.765. The molecule has 1 atom stereocenters. The molecule has 4 heterocycles. The van der Waals surface area contributed by atoms with Gasteiger partial charge >= 0.3 is 10.2 Å². The maximum absolute atomic E-state index is 16.2. The number of halogens is 1. The Hall–Kier alpha value is -6.55. The number of carbonyl (C=O) groups excluding carboxylic acids is 5. The molecule has 3 fully saturated rings. The number of amides is 5. The number of hydrogen-bond acceptors (Lipinski definition) is 9. The number of anilines is 4. The van der Waals surface area contributed by atoms with E-state index in [9.17, 15) is 32.4 Å². The average Bonchev–Trinajstić information content (AvgIpc) is 3.65. The summed E-state index contributed by atoms with van der Waals surface area (Å²) in [5.41, 5.74) is 2.94. The van der Waals surface area contributed by atoms with Gasteiger partial charge in [-0.05, 0) is 78.6 Å². The summed E-state index contributed by atoms with van der Waals surface area (Å²) in [6.07, 6.45) is 2.16. The molecule has 5 amide bonds. The van der Waals surface area contributed by atoms with Gasteiger partial charge in [-0.1, -0.05) is 42.5 Å². The van der Waals surface area contributed by atoms with Crippen LogP contribution in [0, 0.1) is 11.7 Å². The predicted octanol–water partition coefficient (Wildman–Crippen LogP) is 4.90. The summed E-state index contributed by atoms with van der Waals surface area (Å²) in [6, 6.07) is 23.8. The number of nitrogens with one attached hydrogen (secondary N) is 3. The highest BCUT2D eigenvalue weighted by Crippen LogP contribution is 2.44. The second-order valence-electron chi connectivity index (χ2n) is 14.9. The lowest BCUT2D eigenvalue weighted by molar-refractivity contribution is -0.134. The van der Waals surface area contributed by atoms with E-state index in [0.717, 1.165) is 34.9 Å². The normalized spacial score (nSPS) is 19.2. The van der Waals surface area contributed by atoms with Crippen LogP contribution in [-0.4, -0.2) is 63.6 Å². The molecule has 3 N–H and O–H groups in total. The molecule has 3 saturated heterocycles. The van der Waals surface area contributed by atoms with Crippen molar-refractivity contribution in [3.05, 3.63) is 102 Å². The number of carbonyl (C=O) groups is 5. The van der Waals surface area contributed by atoms with E-state index >= 15 is 4.39 Å². The fraction of sp³-hybridized carbons (Fsp3) is 0.262. The third-order valence-electron chi connectivity index (χ3n) is 11.3. The van der Waals surface area contributed by atoms with Crippen LogP contribution in [0.15, 0.2) is 84.9 Å². The van der Waals surface area contributed by atoms with Crippen LogP contribution < -0.4 is 34.2 Å². The second kappa shape index (κ2) is 14.4. The number of fused-ring (bicyclic) bond motifs is 1. The second-order valence-corrected chi connectivity index (χ2v) is 16.5. The summed E-state index contributed by atoms with van der Waals surface area (Å²) in [4.78, 5) is 67.3. The molecule has 4 aliphatic rings. The van der Waals surface area contributed by atoms with Crippen LogP contribution in [0.25, 0.3) is 21.5 Å². The van der Waals surface area contributed by atoms with Crippen molar-refractivity contribution in [2.75, 3.05) is 39.1 Å². The Morgan fingerprint density at radius 2 is 1.64 bits per heavy atom. The number of nitrogens with zero attached hydrogens (tertiary/aromatic N) is 3. The fourth-order valence-corrected chi connectivity index (χ4v) is 9.65. The predicted molar refractivity (Wildman–Crippen MR) is 214 cm³/mol. The zero-order chi connectivity index (χ0) is 40.3. The first-order valence-electron chi connectivity index (χ1n) is 19.0. The standard InChI is InChI=1S/C42H37FN6O8S/c43-39-28-10-9-27(20-26(28)21-34(57-23-25-5-2-1-3-6-25)40(39)48-22-37(52)46-58(48,55)56)44-36(51)19-24-15-17-47(18-16-24)31-11-12-32-38-29(31)7-4-8-30(38)42(54)49(32)33-13-14-35(50)45-41(33)53/h1-12,20-21,24,33H,13-19,22-23H2,(H,44,51)(H,46,52)(H,45,50,53). The molecule has 0 spiro atoms. The molecule has 0 radical (unpaired) electrons. The molecule has 0 aromatic heterocycles. The van der Waals surface area contributed by atoms with Crippen molar-refractivity contribution in [3.63, 3.8) is 0 Å². The Balaban J connectivity index is 0.890. The summed E-state index contributed by atoms with van der Waals surface area (Å²) in [7, 11) is -4.35. The highest BCUT2D eigenvalue weighted by Gasteiger charge is 2.42. The summed E-state index contributed by atoms with van der Waals surface area (Å²) >= 11 is 0. The molecular formula is C42H37FN6O8S. The number of imide groups is 1. The summed E-state index contributed by atoms with van der Waals surface area (Å²) < 4.78 is 50.3. The molecule has 14 nitrogen and oxygen atoms in total. The number of benzene rings is 5. The van der Waals surface area contributed by atoms with E-state index in [1.807, 2.05) is 59.3 Å². The van der Waals surface area contributed by atoms with Crippen LogP contribution in [0.1, 0.15) is 48.0 Å². The van der Waals surface area contributed by atoms with Crippen LogP contribution >= 0.6 is 0 Å². The van der Waals surface area contributed by atoms with Gasteiger partial charge in [-0.3, -0.25) is 34.2 Å². The van der Waals surface area contributed by atoms with E-state index in [1.165, 1.54) is 17.0 Å². The van der Waals surface area contributed by atoms with Crippen molar-refractivity contribution in [1.29, 1.82) is 0 Å². The molecule has 9 rings (SSSR count). The van der Waals surface area contributed by atoms with E-state index in [2.05, 4.69) is 15.5 Å². The highest BCUT2D eigenvalue weighted by molar-refractivity contribution is 7.92. The van der Waals surface area contributed by atoms with E-state index in [4.69, 9.17) is 4.74 Å². The van der Waals surface area contributed by atoms with Crippen LogP contribution in [0.5, 0.6) is 5.75 Å². The molecule has 4 aliphatic heterocycles. The maximum atomic E-state index is 16.2. The van der Waals surface area contributed by atoms with E-state index in [1.54, 1.807) is 18.2 Å². The molecular weight excluding hydrogens is 768 g/mol. The Labute approximate surface area is 332 Å². The van der Waals surface area contributed by atoms with Crippen molar-refractivity contribution in [2.24, 2.45) is 5.92 Å². The Bertz CT molecular complexity index is 2690. The molecule has 0 saturated carbocycles. The summed E-state index contributed by atoms with van der Waals surface area (Å²) in [5.74, 6) is -2.96. The van der Waals surface area contributed by atoms with Crippen molar-refractivity contribution in [3.8, 4) is 5.75 Å². The highest BCUT2D eigenvalue weighted by atomic mass is 32.2. The van der Waals surface area contributed by atoms with Crippen molar-refractivity contribution >= 4 is 84.0 Å². The molecule has 296 valence electrons. The zero-order valence-corrected chi connectivity index (χ0v) is 31.8. The van der Waals surface area contributed by atoms with Gasteiger partial charge in [-0.25, -0.2) is 13.4 Å². The molecule has 16 heteroatoms.